The number of amides is 1. The largest absolute Gasteiger partial charge is 0.495 e. The van der Waals surface area contributed by atoms with Gasteiger partial charge in [-0.05, 0) is 59.5 Å². The van der Waals surface area contributed by atoms with Gasteiger partial charge >= 0.3 is 12.1 Å². The van der Waals surface area contributed by atoms with Crippen LogP contribution in [-0.2, 0) is 16.0 Å². The van der Waals surface area contributed by atoms with E-state index in [1.165, 1.54) is 21.3 Å². The van der Waals surface area contributed by atoms with Gasteiger partial charge in [-0.2, -0.15) is 0 Å². The molecule has 39 heavy (non-hydrogen) atoms. The molecule has 1 saturated heterocycles. The standard InChI is InChI=1S/C29H27NO9/c1-33-20-7-5-4-6-19(20)30-29(32)39-27-23(34-2)10-16(11-24(27)35-3)25-18-12-22-21(37-14-38-22)9-15(18)8-17-13-36-28(31)26(17)25/h4-7,9-12,17,25-26H,8,13-14H2,1-3H3,(H,30,32)/t17-,25+,26-/m0/s1. The molecule has 202 valence electrons. The Bertz CT molecular complexity index is 1430. The molecule has 0 bridgehead atoms. The van der Waals surface area contributed by atoms with E-state index < -0.39 is 12.0 Å². The van der Waals surface area contributed by atoms with Crippen molar-refractivity contribution in [3.05, 3.63) is 65.2 Å². The van der Waals surface area contributed by atoms with Gasteiger partial charge in [0.15, 0.2) is 23.0 Å². The third-order valence-corrected chi connectivity index (χ3v) is 7.41. The van der Waals surface area contributed by atoms with Crippen molar-refractivity contribution < 1.29 is 42.7 Å². The molecule has 1 amide bonds. The minimum atomic E-state index is -0.751. The number of para-hydroxylation sites is 2. The van der Waals surface area contributed by atoms with Crippen molar-refractivity contribution in [3.8, 4) is 34.5 Å². The van der Waals surface area contributed by atoms with E-state index in [2.05, 4.69) is 5.32 Å². The Hall–Kier alpha value is -4.60. The number of hydrogen-bond acceptors (Lipinski definition) is 9. The van der Waals surface area contributed by atoms with Gasteiger partial charge in [-0.3, -0.25) is 10.1 Å². The van der Waals surface area contributed by atoms with Crippen molar-refractivity contribution in [2.45, 2.75) is 12.3 Å². The third-order valence-electron chi connectivity index (χ3n) is 7.41. The average molecular weight is 534 g/mol. The van der Waals surface area contributed by atoms with Crippen LogP contribution in [0.1, 0.15) is 22.6 Å². The second kappa shape index (κ2) is 9.94. The maximum atomic E-state index is 13.0. The van der Waals surface area contributed by atoms with Crippen molar-refractivity contribution in [2.24, 2.45) is 11.8 Å². The Morgan fingerprint density at radius 1 is 0.897 bits per heavy atom. The highest BCUT2D eigenvalue weighted by atomic mass is 16.7. The highest BCUT2D eigenvalue weighted by Crippen LogP contribution is 2.52. The average Bonchev–Trinajstić information content (AvgIpc) is 3.56. The Kier molecular flexibility index (Phi) is 6.30. The van der Waals surface area contributed by atoms with Crippen LogP contribution in [0.2, 0.25) is 0 Å². The zero-order chi connectivity index (χ0) is 27.1. The molecule has 3 aliphatic rings. The quantitative estimate of drug-likeness (QED) is 0.457. The van der Waals surface area contributed by atoms with Gasteiger partial charge in [-0.1, -0.05) is 12.1 Å². The maximum absolute atomic E-state index is 13.0. The number of esters is 1. The first kappa shape index (κ1) is 24.7. The van der Waals surface area contributed by atoms with E-state index in [1.807, 2.05) is 12.1 Å². The summed E-state index contributed by atoms with van der Waals surface area (Å²) in [6.45, 7) is 0.509. The van der Waals surface area contributed by atoms with Gasteiger partial charge in [-0.15, -0.1) is 0 Å². The first-order valence-electron chi connectivity index (χ1n) is 12.5. The van der Waals surface area contributed by atoms with Gasteiger partial charge in [-0.25, -0.2) is 4.79 Å². The molecule has 3 aromatic rings. The number of fused-ring (bicyclic) bond motifs is 3. The molecule has 1 fully saturated rings. The highest BCUT2D eigenvalue weighted by molar-refractivity contribution is 5.89. The Morgan fingerprint density at radius 2 is 1.59 bits per heavy atom. The van der Waals surface area contributed by atoms with Crippen LogP contribution in [0.4, 0.5) is 10.5 Å². The highest BCUT2D eigenvalue weighted by Gasteiger charge is 2.48. The molecule has 0 unspecified atom stereocenters. The summed E-state index contributed by atoms with van der Waals surface area (Å²) in [4.78, 5) is 25.8. The van der Waals surface area contributed by atoms with E-state index in [9.17, 15) is 9.59 Å². The SMILES string of the molecule is COc1ccccc1NC(=O)Oc1c(OC)cc([C@@H]2c3cc4c(cc3C[C@H]3COC(=O)[C@@H]32)OCO4)cc1OC. The molecule has 10 heteroatoms. The van der Waals surface area contributed by atoms with Gasteiger partial charge < -0.3 is 33.2 Å². The normalized spacial score (nSPS) is 20.4. The van der Waals surface area contributed by atoms with Crippen LogP contribution < -0.4 is 33.7 Å². The zero-order valence-corrected chi connectivity index (χ0v) is 21.6. The predicted octanol–water partition coefficient (Wildman–Crippen LogP) is 4.53. The summed E-state index contributed by atoms with van der Waals surface area (Å²) in [7, 11) is 4.46. The van der Waals surface area contributed by atoms with Crippen LogP contribution in [0.15, 0.2) is 48.5 Å². The molecule has 2 heterocycles. The van der Waals surface area contributed by atoms with Crippen LogP contribution in [0, 0.1) is 11.8 Å². The summed E-state index contributed by atoms with van der Waals surface area (Å²) in [6.07, 6.45) is -0.0590. The summed E-state index contributed by atoms with van der Waals surface area (Å²) < 4.78 is 39.0. The molecule has 0 saturated carbocycles. The Balaban J connectivity index is 1.39. The van der Waals surface area contributed by atoms with Crippen LogP contribution in [0.25, 0.3) is 0 Å². The first-order chi connectivity index (χ1) is 19.0. The number of cyclic esters (lactones) is 1. The van der Waals surface area contributed by atoms with E-state index in [4.69, 9.17) is 33.2 Å². The predicted molar refractivity (Wildman–Crippen MR) is 138 cm³/mol. The Morgan fingerprint density at radius 3 is 2.31 bits per heavy atom. The summed E-state index contributed by atoms with van der Waals surface area (Å²) >= 11 is 0. The fraction of sp³-hybridized carbons (Fsp3) is 0.310. The lowest BCUT2D eigenvalue weighted by Gasteiger charge is -2.34. The molecule has 3 aromatic carbocycles. The molecule has 0 aromatic heterocycles. The van der Waals surface area contributed by atoms with Gasteiger partial charge in [0.25, 0.3) is 0 Å². The van der Waals surface area contributed by atoms with Gasteiger partial charge in [0.1, 0.15) is 5.75 Å². The Labute approximate surface area is 224 Å². The van der Waals surface area contributed by atoms with E-state index >= 15 is 0 Å². The number of methoxy groups -OCH3 is 3. The van der Waals surface area contributed by atoms with Gasteiger partial charge in [0.05, 0.1) is 39.5 Å². The van der Waals surface area contributed by atoms with Crippen molar-refractivity contribution in [1.29, 1.82) is 0 Å². The third kappa shape index (κ3) is 4.31. The fourth-order valence-electron chi connectivity index (χ4n) is 5.66. The number of hydrogen-bond donors (Lipinski definition) is 1. The number of nitrogens with one attached hydrogen (secondary N) is 1. The van der Waals surface area contributed by atoms with E-state index in [1.54, 1.807) is 36.4 Å². The minimum Gasteiger partial charge on any atom is -0.495 e. The van der Waals surface area contributed by atoms with E-state index in [0.717, 1.165) is 16.7 Å². The van der Waals surface area contributed by atoms with Crippen molar-refractivity contribution in [3.63, 3.8) is 0 Å². The van der Waals surface area contributed by atoms with Crippen molar-refractivity contribution in [1.82, 2.24) is 0 Å². The molecule has 3 atom stereocenters. The van der Waals surface area contributed by atoms with Crippen molar-refractivity contribution >= 4 is 17.7 Å². The number of carbonyl (C=O) groups excluding carboxylic acids is 2. The molecule has 1 aliphatic carbocycles. The summed E-state index contributed by atoms with van der Waals surface area (Å²) in [5.41, 5.74) is 3.22. The summed E-state index contributed by atoms with van der Waals surface area (Å²) in [6, 6.07) is 14.4. The van der Waals surface area contributed by atoms with Gasteiger partial charge in [0.2, 0.25) is 12.5 Å². The molecule has 10 nitrogen and oxygen atoms in total. The lowest BCUT2D eigenvalue weighted by atomic mass is 9.67. The van der Waals surface area contributed by atoms with Crippen LogP contribution in [0.5, 0.6) is 34.5 Å². The molecule has 0 radical (unpaired) electrons. The zero-order valence-electron chi connectivity index (χ0n) is 21.6. The number of carbonyl (C=O) groups is 2. The van der Waals surface area contributed by atoms with Crippen LogP contribution in [-0.4, -0.2) is 46.8 Å². The first-order valence-corrected chi connectivity index (χ1v) is 12.5. The summed E-state index contributed by atoms with van der Waals surface area (Å²) in [5.74, 6) is 1.47. The minimum absolute atomic E-state index is 0.00918. The number of benzene rings is 3. The molecular formula is C29H27NO9. The van der Waals surface area contributed by atoms with Crippen molar-refractivity contribution in [2.75, 3.05) is 40.0 Å². The smallest absolute Gasteiger partial charge is 0.417 e. The van der Waals surface area contributed by atoms with Crippen LogP contribution >= 0.6 is 0 Å². The summed E-state index contributed by atoms with van der Waals surface area (Å²) in [5, 5.41) is 2.68. The maximum Gasteiger partial charge on any atom is 0.417 e. The fourth-order valence-corrected chi connectivity index (χ4v) is 5.66. The van der Waals surface area contributed by atoms with Gasteiger partial charge in [0, 0.05) is 11.8 Å². The second-order valence-electron chi connectivity index (χ2n) is 9.47. The van der Waals surface area contributed by atoms with E-state index in [0.29, 0.717) is 36.0 Å². The monoisotopic (exact) mass is 533 g/mol. The molecule has 0 spiro atoms. The number of rotatable bonds is 6. The second-order valence-corrected chi connectivity index (χ2v) is 9.47. The lowest BCUT2D eigenvalue weighted by Crippen LogP contribution is -2.31. The van der Waals surface area contributed by atoms with E-state index in [-0.39, 0.29) is 41.8 Å². The topological polar surface area (TPSA) is 111 Å². The number of anilines is 1. The molecule has 1 N–H and O–H groups in total. The number of ether oxygens (including phenoxy) is 7. The lowest BCUT2D eigenvalue weighted by molar-refractivity contribution is -0.141. The van der Waals surface area contributed by atoms with Crippen LogP contribution in [0.3, 0.4) is 0 Å². The molecule has 6 rings (SSSR count). The molecule has 2 aliphatic heterocycles. The molecular weight excluding hydrogens is 506 g/mol.